The maximum absolute atomic E-state index is 2.48. The summed E-state index contributed by atoms with van der Waals surface area (Å²) < 4.78 is 4.89. The Balaban J connectivity index is 1.13. The molecule has 0 amide bonds. The molecule has 0 atom stereocenters. The summed E-state index contributed by atoms with van der Waals surface area (Å²) in [5, 5.41) is 5.04. The molecule has 0 radical (unpaired) electrons. The summed E-state index contributed by atoms with van der Waals surface area (Å²) in [6.07, 6.45) is 0. The number of hydrogen-bond acceptors (Lipinski definition) is 0. The normalized spacial score (nSPS) is 13.1. The predicted octanol–water partition coefficient (Wildman–Crippen LogP) is 13.9. The molecule has 2 heteroatoms. The molecule has 0 saturated carbocycles. The molecule has 0 unspecified atom stereocenters. The van der Waals surface area contributed by atoms with Crippen LogP contribution in [0.2, 0.25) is 0 Å². The standard InChI is InChI=1S/C55H36N2/c1-4-18-37(19-5-1)55(38-20-6-2-7-21-38)47-29-13-10-24-41(47)46-36-40(34-35-48(46)55)57-50-31-15-12-26-45(50)54-43(28-17-33-52(54)57)42-27-16-32-51-53(42)44-25-11-14-30-49(44)56(51)39-22-8-3-9-23-39/h1-36H. The fourth-order valence-electron chi connectivity index (χ4n) is 10.2. The van der Waals surface area contributed by atoms with Crippen molar-refractivity contribution in [2.75, 3.05) is 0 Å². The number of para-hydroxylation sites is 3. The van der Waals surface area contributed by atoms with Crippen LogP contribution in [0.3, 0.4) is 0 Å². The molecule has 0 fully saturated rings. The highest BCUT2D eigenvalue weighted by molar-refractivity contribution is 6.22. The lowest BCUT2D eigenvalue weighted by atomic mass is 9.68. The van der Waals surface area contributed by atoms with Gasteiger partial charge in [0.2, 0.25) is 0 Å². The van der Waals surface area contributed by atoms with Crippen molar-refractivity contribution in [1.82, 2.24) is 9.13 Å². The first kappa shape index (κ1) is 31.9. The summed E-state index contributed by atoms with van der Waals surface area (Å²) in [5.41, 5.74) is 16.9. The van der Waals surface area contributed by atoms with Gasteiger partial charge in [-0.15, -0.1) is 0 Å². The van der Waals surface area contributed by atoms with Crippen molar-refractivity contribution in [2.45, 2.75) is 5.41 Å². The third kappa shape index (κ3) is 4.41. The van der Waals surface area contributed by atoms with Crippen molar-refractivity contribution in [3.8, 4) is 33.6 Å². The molecule has 0 bridgehead atoms. The van der Waals surface area contributed by atoms with Crippen LogP contribution < -0.4 is 0 Å². The van der Waals surface area contributed by atoms with E-state index in [2.05, 4.69) is 228 Å². The fraction of sp³-hybridized carbons (Fsp3) is 0.0182. The van der Waals surface area contributed by atoms with E-state index < -0.39 is 5.41 Å². The lowest BCUT2D eigenvalue weighted by Gasteiger charge is -2.33. The molecule has 0 saturated heterocycles. The lowest BCUT2D eigenvalue weighted by Crippen LogP contribution is -2.28. The van der Waals surface area contributed by atoms with Crippen LogP contribution in [0.15, 0.2) is 218 Å². The topological polar surface area (TPSA) is 9.86 Å². The first-order valence-electron chi connectivity index (χ1n) is 19.8. The van der Waals surface area contributed by atoms with Gasteiger partial charge in [0.05, 0.1) is 27.5 Å². The van der Waals surface area contributed by atoms with Gasteiger partial charge in [0, 0.05) is 32.9 Å². The molecule has 2 aromatic heterocycles. The molecule has 1 aliphatic rings. The van der Waals surface area contributed by atoms with E-state index in [0.29, 0.717) is 0 Å². The number of hydrogen-bond donors (Lipinski definition) is 0. The second-order valence-electron chi connectivity index (χ2n) is 15.2. The summed E-state index contributed by atoms with van der Waals surface area (Å²) >= 11 is 0. The first-order chi connectivity index (χ1) is 28.3. The molecule has 0 spiro atoms. The van der Waals surface area contributed by atoms with Crippen LogP contribution in [0.5, 0.6) is 0 Å². The molecule has 266 valence electrons. The van der Waals surface area contributed by atoms with Crippen molar-refractivity contribution in [3.63, 3.8) is 0 Å². The Morgan fingerprint density at radius 2 is 0.719 bits per heavy atom. The van der Waals surface area contributed by atoms with Crippen LogP contribution in [0.1, 0.15) is 22.3 Å². The molecule has 9 aromatic carbocycles. The minimum Gasteiger partial charge on any atom is -0.309 e. The highest BCUT2D eigenvalue weighted by atomic mass is 15.0. The highest BCUT2D eigenvalue weighted by Crippen LogP contribution is 2.56. The SMILES string of the molecule is c1ccc(-n2c3ccccc3c3c(-c4cccc5c4c4ccccc4n5-c4ccc5c(c4)-c4ccccc4C5(c4ccccc4)c4ccccc4)cccc32)cc1. The molecule has 2 nitrogen and oxygen atoms in total. The maximum Gasteiger partial charge on any atom is 0.0713 e. The lowest BCUT2D eigenvalue weighted by molar-refractivity contribution is 0.768. The molecule has 11 aromatic rings. The van der Waals surface area contributed by atoms with E-state index in [4.69, 9.17) is 0 Å². The largest absolute Gasteiger partial charge is 0.309 e. The van der Waals surface area contributed by atoms with Gasteiger partial charge in [-0.2, -0.15) is 0 Å². The van der Waals surface area contributed by atoms with Gasteiger partial charge in [0.25, 0.3) is 0 Å². The van der Waals surface area contributed by atoms with E-state index in [1.54, 1.807) is 0 Å². The Morgan fingerprint density at radius 3 is 1.32 bits per heavy atom. The van der Waals surface area contributed by atoms with Gasteiger partial charge in [-0.25, -0.2) is 0 Å². The molecule has 57 heavy (non-hydrogen) atoms. The van der Waals surface area contributed by atoms with Crippen molar-refractivity contribution in [3.05, 3.63) is 241 Å². The Labute approximate surface area is 331 Å². The zero-order valence-corrected chi connectivity index (χ0v) is 31.2. The summed E-state index contributed by atoms with van der Waals surface area (Å²) in [6.45, 7) is 0. The molecule has 12 rings (SSSR count). The van der Waals surface area contributed by atoms with Crippen molar-refractivity contribution < 1.29 is 0 Å². The second kappa shape index (κ2) is 12.3. The molecule has 0 N–H and O–H groups in total. The zero-order valence-electron chi connectivity index (χ0n) is 31.2. The van der Waals surface area contributed by atoms with Gasteiger partial charge in [0.15, 0.2) is 0 Å². The average Bonchev–Trinajstić information content (AvgIpc) is 3.92. The Kier molecular flexibility index (Phi) is 6.88. The minimum atomic E-state index is -0.432. The van der Waals surface area contributed by atoms with E-state index in [0.717, 1.165) is 11.4 Å². The van der Waals surface area contributed by atoms with Gasteiger partial charge in [0.1, 0.15) is 0 Å². The summed E-state index contributed by atoms with van der Waals surface area (Å²) in [6, 6.07) is 80.4. The van der Waals surface area contributed by atoms with Crippen LogP contribution in [-0.2, 0) is 5.41 Å². The van der Waals surface area contributed by atoms with E-state index in [1.165, 1.54) is 88.1 Å². The van der Waals surface area contributed by atoms with E-state index in [-0.39, 0.29) is 0 Å². The Bertz CT molecular complexity index is 3290. The first-order valence-corrected chi connectivity index (χ1v) is 19.8. The average molecular weight is 725 g/mol. The second-order valence-corrected chi connectivity index (χ2v) is 15.2. The van der Waals surface area contributed by atoms with E-state index in [9.17, 15) is 0 Å². The number of fused-ring (bicyclic) bond motifs is 9. The molecule has 2 heterocycles. The van der Waals surface area contributed by atoms with Gasteiger partial charge in [-0.1, -0.05) is 170 Å². The van der Waals surface area contributed by atoms with Gasteiger partial charge in [-0.05, 0) is 93.0 Å². The Morgan fingerprint density at radius 1 is 0.281 bits per heavy atom. The summed E-state index contributed by atoms with van der Waals surface area (Å²) in [7, 11) is 0. The molecule has 1 aliphatic carbocycles. The summed E-state index contributed by atoms with van der Waals surface area (Å²) in [5.74, 6) is 0. The van der Waals surface area contributed by atoms with Crippen molar-refractivity contribution in [2.24, 2.45) is 0 Å². The van der Waals surface area contributed by atoms with Crippen molar-refractivity contribution in [1.29, 1.82) is 0 Å². The third-order valence-corrected chi connectivity index (χ3v) is 12.4. The highest BCUT2D eigenvalue weighted by Gasteiger charge is 2.46. The molecule has 0 aliphatic heterocycles. The Hall–Kier alpha value is -7.42. The number of nitrogens with zero attached hydrogens (tertiary/aromatic N) is 2. The van der Waals surface area contributed by atoms with E-state index >= 15 is 0 Å². The monoisotopic (exact) mass is 724 g/mol. The van der Waals surface area contributed by atoms with Gasteiger partial charge >= 0.3 is 0 Å². The van der Waals surface area contributed by atoms with Gasteiger partial charge in [-0.3, -0.25) is 0 Å². The smallest absolute Gasteiger partial charge is 0.0713 e. The summed E-state index contributed by atoms with van der Waals surface area (Å²) in [4.78, 5) is 0. The van der Waals surface area contributed by atoms with Crippen LogP contribution in [0, 0.1) is 0 Å². The van der Waals surface area contributed by atoms with Crippen LogP contribution in [-0.4, -0.2) is 9.13 Å². The fourth-order valence-corrected chi connectivity index (χ4v) is 10.2. The van der Waals surface area contributed by atoms with Crippen molar-refractivity contribution >= 4 is 43.6 Å². The van der Waals surface area contributed by atoms with Crippen LogP contribution >= 0.6 is 0 Å². The van der Waals surface area contributed by atoms with Gasteiger partial charge < -0.3 is 9.13 Å². The maximum atomic E-state index is 2.48. The van der Waals surface area contributed by atoms with Crippen LogP contribution in [0.25, 0.3) is 77.2 Å². The number of benzene rings is 9. The third-order valence-electron chi connectivity index (χ3n) is 12.4. The predicted molar refractivity (Wildman–Crippen MR) is 238 cm³/mol. The molecular weight excluding hydrogens is 689 g/mol. The van der Waals surface area contributed by atoms with E-state index in [1.807, 2.05) is 0 Å². The van der Waals surface area contributed by atoms with Crippen LogP contribution in [0.4, 0.5) is 0 Å². The molecular formula is C55H36N2. The number of aromatic nitrogens is 2. The zero-order chi connectivity index (χ0) is 37.5. The number of rotatable bonds is 5. The minimum absolute atomic E-state index is 0.432. The quantitative estimate of drug-likeness (QED) is 0.167.